The van der Waals surface area contributed by atoms with Gasteiger partial charge in [0.15, 0.2) is 0 Å². The van der Waals surface area contributed by atoms with Crippen molar-refractivity contribution < 1.29 is 17.7 Å². The summed E-state index contributed by atoms with van der Waals surface area (Å²) < 4.78 is 21.7. The van der Waals surface area contributed by atoms with E-state index in [0.29, 0.717) is 26.4 Å². The van der Waals surface area contributed by atoms with Crippen LogP contribution in [0.15, 0.2) is 0 Å². The van der Waals surface area contributed by atoms with Gasteiger partial charge in [0.1, 0.15) is 0 Å². The van der Waals surface area contributed by atoms with Crippen molar-refractivity contribution in [3.05, 3.63) is 0 Å². The molecule has 0 bridgehead atoms. The third-order valence-electron chi connectivity index (χ3n) is 1.28. The van der Waals surface area contributed by atoms with Crippen molar-refractivity contribution in [2.24, 2.45) is 0 Å². The van der Waals surface area contributed by atoms with Crippen LogP contribution in [0.25, 0.3) is 0 Å². The molecular weight excluding hydrogens is 212 g/mol. The molecule has 0 aliphatic heterocycles. The van der Waals surface area contributed by atoms with Gasteiger partial charge in [0, 0.05) is 26.4 Å². The van der Waals surface area contributed by atoms with Crippen molar-refractivity contribution in [3.8, 4) is 0 Å². The Balaban J connectivity index is 0. The van der Waals surface area contributed by atoms with E-state index in [0.717, 1.165) is 0 Å². The van der Waals surface area contributed by atoms with Crippen LogP contribution in [0.5, 0.6) is 0 Å². The molecule has 5 heteroatoms. The summed E-state index contributed by atoms with van der Waals surface area (Å²) in [7, 11) is -2.80. The van der Waals surface area contributed by atoms with E-state index in [1.807, 2.05) is 41.5 Å². The molecule has 0 spiro atoms. The normalized spacial score (nSPS) is 10.8. The molecule has 0 N–H and O–H groups in total. The second-order valence-corrected chi connectivity index (χ2v) is 4.39. The lowest BCUT2D eigenvalue weighted by molar-refractivity contribution is -0.0247. The molecule has 0 unspecified atom stereocenters. The predicted molar refractivity (Wildman–Crippen MR) is 63.6 cm³/mol. The first-order valence-corrected chi connectivity index (χ1v) is 7.43. The molecule has 0 rings (SSSR count). The van der Waals surface area contributed by atoms with Gasteiger partial charge in [-0.1, -0.05) is 13.8 Å². The molecule has 0 saturated carbocycles. The van der Waals surface area contributed by atoms with Gasteiger partial charge in [-0.05, 0) is 27.7 Å². The topological polar surface area (TPSA) is 36.9 Å². The van der Waals surface area contributed by atoms with Crippen LogP contribution in [0, 0.1) is 0 Å². The van der Waals surface area contributed by atoms with Crippen LogP contribution in [0.1, 0.15) is 41.5 Å². The van der Waals surface area contributed by atoms with Gasteiger partial charge < -0.3 is 17.7 Å². The molecule has 0 radical (unpaired) electrons. The molecule has 15 heavy (non-hydrogen) atoms. The Bertz CT molecular complexity index is 92.5. The zero-order chi connectivity index (χ0) is 12.2. The summed E-state index contributed by atoms with van der Waals surface area (Å²) in [6.07, 6.45) is 0. The lowest BCUT2D eigenvalue weighted by atomic mass is 10.9. The Morgan fingerprint density at radius 1 is 0.600 bits per heavy atom. The predicted octanol–water partition coefficient (Wildman–Crippen LogP) is 2.59. The zero-order valence-electron chi connectivity index (χ0n) is 11.0. The van der Waals surface area contributed by atoms with Gasteiger partial charge in [0.25, 0.3) is 0 Å². The number of hydrogen-bond acceptors (Lipinski definition) is 4. The van der Waals surface area contributed by atoms with Crippen LogP contribution in [0.3, 0.4) is 0 Å². The summed E-state index contributed by atoms with van der Waals surface area (Å²) >= 11 is 0. The summed E-state index contributed by atoms with van der Waals surface area (Å²) in [4.78, 5) is 0. The summed E-state index contributed by atoms with van der Waals surface area (Å²) in [5.74, 6) is 0. The summed E-state index contributed by atoms with van der Waals surface area (Å²) in [6.45, 7) is 13.8. The molecule has 4 nitrogen and oxygen atoms in total. The van der Waals surface area contributed by atoms with Gasteiger partial charge in [-0.3, -0.25) is 0 Å². The first-order chi connectivity index (χ1) is 7.24. The highest BCUT2D eigenvalue weighted by Gasteiger charge is 2.44. The smallest absolute Gasteiger partial charge is 0.351 e. The van der Waals surface area contributed by atoms with Crippen molar-refractivity contribution in [3.63, 3.8) is 0 Å². The monoisotopic (exact) mass is 238 g/mol. The van der Waals surface area contributed by atoms with Gasteiger partial charge >= 0.3 is 9.05 Å². The van der Waals surface area contributed by atoms with Gasteiger partial charge in [0.05, 0.1) is 0 Å². The van der Waals surface area contributed by atoms with Gasteiger partial charge in [-0.25, -0.2) is 0 Å². The largest absolute Gasteiger partial charge is 0.679 e. The molecule has 94 valence electrons. The molecular formula is C10H26O4Si. The molecule has 0 aliphatic carbocycles. The number of rotatable bonds is 8. The van der Waals surface area contributed by atoms with E-state index in [4.69, 9.17) is 17.7 Å². The lowest BCUT2D eigenvalue weighted by Crippen LogP contribution is -2.49. The van der Waals surface area contributed by atoms with E-state index in [1.165, 1.54) is 0 Å². The fourth-order valence-electron chi connectivity index (χ4n) is 0.957. The first kappa shape index (κ1) is 17.5. The third-order valence-corrected chi connectivity index (χ3v) is 3.85. The molecule has 0 aliphatic rings. The molecule has 0 aromatic carbocycles. The van der Waals surface area contributed by atoms with E-state index in [9.17, 15) is 0 Å². The van der Waals surface area contributed by atoms with Crippen LogP contribution in [-0.2, 0) is 17.7 Å². The van der Waals surface area contributed by atoms with E-state index < -0.39 is 9.05 Å². The SMILES string of the molecule is CC.CCO[Si](OCC)(OCC)OCC. The standard InChI is InChI=1S/C8H20O4Si.C2H6/c1-5-9-13(10-6-2,11-7-3)12-8-4;1-2/h5-8H2,1-4H3;1-2H3. The van der Waals surface area contributed by atoms with Crippen molar-refractivity contribution in [1.82, 2.24) is 0 Å². The van der Waals surface area contributed by atoms with Crippen LogP contribution in [0.2, 0.25) is 0 Å². The lowest BCUT2D eigenvalue weighted by Gasteiger charge is -2.26. The fourth-order valence-corrected chi connectivity index (χ4v) is 2.87. The van der Waals surface area contributed by atoms with Gasteiger partial charge in [-0.2, -0.15) is 0 Å². The Labute approximate surface area is 95.4 Å². The van der Waals surface area contributed by atoms with Crippen molar-refractivity contribution in [2.75, 3.05) is 26.4 Å². The van der Waals surface area contributed by atoms with Gasteiger partial charge in [0.2, 0.25) is 0 Å². The second-order valence-electron chi connectivity index (χ2n) is 2.23. The van der Waals surface area contributed by atoms with Crippen LogP contribution in [0.4, 0.5) is 0 Å². The zero-order valence-corrected chi connectivity index (χ0v) is 12.0. The van der Waals surface area contributed by atoms with E-state index >= 15 is 0 Å². The highest BCUT2D eigenvalue weighted by Crippen LogP contribution is 2.11. The molecule has 0 fully saturated rings. The van der Waals surface area contributed by atoms with Crippen molar-refractivity contribution in [2.45, 2.75) is 41.5 Å². The van der Waals surface area contributed by atoms with E-state index in [2.05, 4.69) is 0 Å². The minimum atomic E-state index is -2.80. The maximum atomic E-state index is 5.42. The maximum Gasteiger partial charge on any atom is 0.679 e. The van der Waals surface area contributed by atoms with Gasteiger partial charge in [-0.15, -0.1) is 0 Å². The quantitative estimate of drug-likeness (QED) is 0.609. The van der Waals surface area contributed by atoms with Crippen molar-refractivity contribution >= 4 is 9.05 Å². The Morgan fingerprint density at radius 2 is 0.800 bits per heavy atom. The minimum Gasteiger partial charge on any atom is -0.351 e. The molecule has 0 heterocycles. The molecule has 0 aromatic heterocycles. The summed E-state index contributed by atoms with van der Waals surface area (Å²) in [5, 5.41) is 0. The molecule has 0 amide bonds. The first-order valence-electron chi connectivity index (χ1n) is 5.80. The number of hydrogen-bond donors (Lipinski definition) is 0. The minimum absolute atomic E-state index is 0.548. The average Bonchev–Trinajstić information content (AvgIpc) is 2.22. The average molecular weight is 238 g/mol. The maximum absolute atomic E-state index is 5.42. The third kappa shape index (κ3) is 7.93. The van der Waals surface area contributed by atoms with E-state index in [-0.39, 0.29) is 0 Å². The highest BCUT2D eigenvalue weighted by atomic mass is 28.4. The van der Waals surface area contributed by atoms with Crippen molar-refractivity contribution in [1.29, 1.82) is 0 Å². The second kappa shape index (κ2) is 12.1. The van der Waals surface area contributed by atoms with Crippen LogP contribution in [-0.4, -0.2) is 35.5 Å². The Morgan fingerprint density at radius 3 is 0.933 bits per heavy atom. The Hall–Kier alpha value is 0.0569. The Kier molecular flexibility index (Phi) is 14.1. The highest BCUT2D eigenvalue weighted by molar-refractivity contribution is 6.53. The van der Waals surface area contributed by atoms with E-state index in [1.54, 1.807) is 0 Å². The summed E-state index contributed by atoms with van der Waals surface area (Å²) in [6, 6.07) is 0. The van der Waals surface area contributed by atoms with Crippen LogP contribution >= 0.6 is 0 Å². The molecule has 0 saturated heterocycles. The molecule has 0 atom stereocenters. The van der Waals surface area contributed by atoms with Crippen LogP contribution < -0.4 is 0 Å². The fraction of sp³-hybridized carbons (Fsp3) is 1.00. The summed E-state index contributed by atoms with van der Waals surface area (Å²) in [5.41, 5.74) is 0. The molecule has 0 aromatic rings.